The van der Waals surface area contributed by atoms with Gasteiger partial charge in [0.25, 0.3) is 0 Å². The Bertz CT molecular complexity index is 1010. The van der Waals surface area contributed by atoms with E-state index in [9.17, 15) is 19.5 Å². The van der Waals surface area contributed by atoms with Crippen LogP contribution in [0.2, 0.25) is 0 Å². The Hall–Kier alpha value is -2.71. The number of aliphatic carboxylic acids is 1. The number of quaternary nitrogens is 1. The zero-order valence-corrected chi connectivity index (χ0v) is 34.7. The van der Waals surface area contributed by atoms with Gasteiger partial charge in [-0.25, -0.2) is 0 Å². The maximum Gasteiger partial charge on any atom is 0.306 e. The first-order valence-corrected chi connectivity index (χ1v) is 21.2. The summed E-state index contributed by atoms with van der Waals surface area (Å²) < 4.78 is 17.1. The quantitative estimate of drug-likeness (QED) is 0.0270. The SMILES string of the molecule is CCCCC/C=C/C=C/C=C/C=C/CCCCCCCC(=O)OC(COCCC(C(=O)[O-])[N+](C)(C)C)COC(=O)CCCCCCCCCCCCC. The minimum atomic E-state index is -1.13. The molecule has 0 N–H and O–H groups in total. The number of carbonyl (C=O) groups excluding carboxylic acids is 3. The lowest BCUT2D eigenvalue weighted by Gasteiger charge is -2.34. The van der Waals surface area contributed by atoms with Crippen LogP contribution in [-0.4, -0.2) is 75.5 Å². The fourth-order valence-corrected chi connectivity index (χ4v) is 5.96. The van der Waals surface area contributed by atoms with Crippen LogP contribution in [0.15, 0.2) is 48.6 Å². The first-order valence-electron chi connectivity index (χ1n) is 21.2. The summed E-state index contributed by atoms with van der Waals surface area (Å²) in [6, 6.07) is -0.729. The number of carboxylic acids is 1. The van der Waals surface area contributed by atoms with Crippen LogP contribution in [0, 0.1) is 0 Å². The van der Waals surface area contributed by atoms with Crippen LogP contribution >= 0.6 is 0 Å². The summed E-state index contributed by atoms with van der Waals surface area (Å²) >= 11 is 0. The first kappa shape index (κ1) is 50.3. The predicted molar refractivity (Wildman–Crippen MR) is 217 cm³/mol. The second-order valence-electron chi connectivity index (χ2n) is 15.3. The van der Waals surface area contributed by atoms with Crippen molar-refractivity contribution in [2.24, 2.45) is 0 Å². The highest BCUT2D eigenvalue weighted by molar-refractivity contribution is 5.70. The van der Waals surface area contributed by atoms with E-state index in [1.165, 1.54) is 70.6 Å². The Morgan fingerprint density at radius 3 is 1.51 bits per heavy atom. The largest absolute Gasteiger partial charge is 0.544 e. The van der Waals surface area contributed by atoms with Crippen LogP contribution in [0.3, 0.4) is 0 Å². The molecule has 8 nitrogen and oxygen atoms in total. The molecule has 0 aromatic heterocycles. The van der Waals surface area contributed by atoms with E-state index < -0.39 is 18.1 Å². The molecular formula is C45H79NO7. The molecule has 0 bridgehead atoms. The summed E-state index contributed by atoms with van der Waals surface area (Å²) in [7, 11) is 5.39. The maximum absolute atomic E-state index is 12.7. The standard InChI is InChI=1S/C45H79NO7/c1-6-8-10-12-14-16-18-19-20-21-22-23-24-26-28-30-32-34-36-44(48)53-41(39-51-38-37-42(45(49)50)46(3,4)5)40-52-43(47)35-33-31-29-27-25-17-15-13-11-9-7-2/h14,16,18-23,41-42H,6-13,15,17,24-40H2,1-5H3/b16-14+,19-18+,21-20+,23-22+. The van der Waals surface area contributed by atoms with Crippen molar-refractivity contribution in [3.8, 4) is 0 Å². The summed E-state index contributed by atoms with van der Waals surface area (Å²) in [4.78, 5) is 36.7. The molecule has 8 heteroatoms. The number of hydrogen-bond acceptors (Lipinski definition) is 7. The van der Waals surface area contributed by atoms with Gasteiger partial charge in [-0.2, -0.15) is 0 Å². The number of nitrogens with zero attached hydrogens (tertiary/aromatic N) is 1. The molecule has 0 saturated heterocycles. The topological polar surface area (TPSA) is 102 Å². The number of unbranched alkanes of at least 4 members (excludes halogenated alkanes) is 18. The van der Waals surface area contributed by atoms with Crippen molar-refractivity contribution in [2.45, 2.75) is 180 Å². The minimum Gasteiger partial charge on any atom is -0.544 e. The summed E-state index contributed by atoms with van der Waals surface area (Å²) in [6.45, 7) is 4.58. The van der Waals surface area contributed by atoms with E-state index in [4.69, 9.17) is 14.2 Å². The molecule has 0 radical (unpaired) electrons. The molecule has 306 valence electrons. The van der Waals surface area contributed by atoms with Gasteiger partial charge >= 0.3 is 11.9 Å². The molecule has 0 aromatic rings. The van der Waals surface area contributed by atoms with Gasteiger partial charge in [0.05, 0.1) is 40.3 Å². The lowest BCUT2D eigenvalue weighted by atomic mass is 10.1. The minimum absolute atomic E-state index is 0.0313. The summed E-state index contributed by atoms with van der Waals surface area (Å²) in [5, 5.41) is 11.6. The Balaban J connectivity index is 4.42. The Morgan fingerprint density at radius 1 is 0.566 bits per heavy atom. The molecule has 0 aromatic carbocycles. The van der Waals surface area contributed by atoms with Crippen LogP contribution in [-0.2, 0) is 28.6 Å². The average molecular weight is 746 g/mol. The maximum atomic E-state index is 12.7. The van der Waals surface area contributed by atoms with Gasteiger partial charge in [-0.05, 0) is 38.5 Å². The van der Waals surface area contributed by atoms with Crippen molar-refractivity contribution >= 4 is 17.9 Å². The average Bonchev–Trinajstić information content (AvgIpc) is 3.11. The zero-order valence-electron chi connectivity index (χ0n) is 34.7. The van der Waals surface area contributed by atoms with Crippen LogP contribution in [0.1, 0.15) is 168 Å². The molecule has 0 saturated carbocycles. The van der Waals surface area contributed by atoms with E-state index in [0.29, 0.717) is 12.8 Å². The van der Waals surface area contributed by atoms with Gasteiger partial charge < -0.3 is 28.6 Å². The molecule has 0 aliphatic heterocycles. The molecular weight excluding hydrogens is 666 g/mol. The van der Waals surface area contributed by atoms with Crippen molar-refractivity contribution in [1.82, 2.24) is 0 Å². The molecule has 0 amide bonds. The highest BCUT2D eigenvalue weighted by atomic mass is 16.6. The van der Waals surface area contributed by atoms with Gasteiger partial charge in [-0.1, -0.05) is 159 Å². The van der Waals surface area contributed by atoms with Crippen molar-refractivity contribution in [3.05, 3.63) is 48.6 Å². The van der Waals surface area contributed by atoms with Crippen LogP contribution in [0.25, 0.3) is 0 Å². The number of esters is 2. The normalized spacial score (nSPS) is 13.5. The molecule has 2 unspecified atom stereocenters. The molecule has 0 aliphatic rings. The zero-order chi connectivity index (χ0) is 39.3. The molecule has 0 rings (SSSR count). The lowest BCUT2D eigenvalue weighted by Crippen LogP contribution is -2.55. The van der Waals surface area contributed by atoms with E-state index in [1.807, 2.05) is 6.08 Å². The summed E-state index contributed by atoms with van der Waals surface area (Å²) in [6.07, 6.45) is 41.2. The Kier molecular flexibility index (Phi) is 34.4. The van der Waals surface area contributed by atoms with E-state index in [2.05, 4.69) is 56.4 Å². The number of ether oxygens (including phenoxy) is 3. The number of allylic oxidation sites excluding steroid dienone is 8. The van der Waals surface area contributed by atoms with Crippen molar-refractivity contribution in [3.63, 3.8) is 0 Å². The van der Waals surface area contributed by atoms with E-state index in [0.717, 1.165) is 64.2 Å². The summed E-state index contributed by atoms with van der Waals surface area (Å²) in [5.74, 6) is -1.77. The Labute approximate surface area is 325 Å². The van der Waals surface area contributed by atoms with E-state index in [-0.39, 0.29) is 42.7 Å². The molecule has 0 spiro atoms. The van der Waals surface area contributed by atoms with E-state index >= 15 is 0 Å². The van der Waals surface area contributed by atoms with Crippen molar-refractivity contribution < 1.29 is 38.2 Å². The van der Waals surface area contributed by atoms with Gasteiger partial charge in [0.1, 0.15) is 12.6 Å². The smallest absolute Gasteiger partial charge is 0.306 e. The second-order valence-corrected chi connectivity index (χ2v) is 15.3. The molecule has 2 atom stereocenters. The van der Waals surface area contributed by atoms with Crippen LogP contribution in [0.4, 0.5) is 0 Å². The summed E-state index contributed by atoms with van der Waals surface area (Å²) in [5.41, 5.74) is 0. The van der Waals surface area contributed by atoms with Gasteiger partial charge in [-0.15, -0.1) is 0 Å². The van der Waals surface area contributed by atoms with Crippen LogP contribution < -0.4 is 5.11 Å². The highest BCUT2D eigenvalue weighted by Gasteiger charge is 2.25. The van der Waals surface area contributed by atoms with Gasteiger partial charge in [0.15, 0.2) is 6.10 Å². The van der Waals surface area contributed by atoms with Crippen molar-refractivity contribution in [2.75, 3.05) is 41.0 Å². The third kappa shape index (κ3) is 34.8. The number of hydrogen-bond donors (Lipinski definition) is 0. The van der Waals surface area contributed by atoms with Crippen LogP contribution in [0.5, 0.6) is 0 Å². The number of rotatable bonds is 37. The van der Waals surface area contributed by atoms with E-state index in [1.54, 1.807) is 21.1 Å². The number of likely N-dealkylation sites (N-methyl/N-ethyl adjacent to an activating group) is 1. The van der Waals surface area contributed by atoms with Gasteiger partial charge in [0.2, 0.25) is 0 Å². The molecule has 0 fully saturated rings. The highest BCUT2D eigenvalue weighted by Crippen LogP contribution is 2.14. The second kappa shape index (κ2) is 36.3. The number of carboxylic acid groups (broad SMARTS) is 1. The fourth-order valence-electron chi connectivity index (χ4n) is 5.96. The lowest BCUT2D eigenvalue weighted by molar-refractivity contribution is -0.889. The predicted octanol–water partition coefficient (Wildman–Crippen LogP) is 9.91. The van der Waals surface area contributed by atoms with Gasteiger partial charge in [-0.3, -0.25) is 9.59 Å². The third-order valence-electron chi connectivity index (χ3n) is 9.31. The first-order chi connectivity index (χ1) is 25.6. The third-order valence-corrected chi connectivity index (χ3v) is 9.31. The molecule has 0 heterocycles. The monoisotopic (exact) mass is 746 g/mol. The molecule has 0 aliphatic carbocycles. The van der Waals surface area contributed by atoms with Gasteiger partial charge in [0, 0.05) is 19.3 Å². The fraction of sp³-hybridized carbons (Fsp3) is 0.756. The number of carbonyl (C=O) groups is 3. The van der Waals surface area contributed by atoms with Crippen molar-refractivity contribution in [1.29, 1.82) is 0 Å². The molecule has 53 heavy (non-hydrogen) atoms. The Morgan fingerprint density at radius 2 is 1.00 bits per heavy atom.